The van der Waals surface area contributed by atoms with Gasteiger partial charge in [0.1, 0.15) is 0 Å². The summed E-state index contributed by atoms with van der Waals surface area (Å²) in [4.78, 5) is 4.21. The van der Waals surface area contributed by atoms with E-state index in [1.165, 1.54) is 10.6 Å². The molecule has 0 amide bonds. The van der Waals surface area contributed by atoms with Gasteiger partial charge in [-0.1, -0.05) is 5.16 Å². The van der Waals surface area contributed by atoms with Crippen LogP contribution in [0.2, 0.25) is 0 Å². The summed E-state index contributed by atoms with van der Waals surface area (Å²) in [7, 11) is -3.30. The van der Waals surface area contributed by atoms with E-state index in [4.69, 9.17) is 4.52 Å². The lowest BCUT2D eigenvalue weighted by atomic mass is 10.1. The third-order valence-electron chi connectivity index (χ3n) is 3.32. The van der Waals surface area contributed by atoms with Crippen molar-refractivity contribution in [1.29, 1.82) is 0 Å². The van der Waals surface area contributed by atoms with E-state index in [1.54, 1.807) is 17.8 Å². The Kier molecular flexibility index (Phi) is 3.09. The van der Waals surface area contributed by atoms with E-state index in [1.807, 2.05) is 6.07 Å². The van der Waals surface area contributed by atoms with Crippen molar-refractivity contribution in [3.8, 4) is 0 Å². The highest BCUT2D eigenvalue weighted by Crippen LogP contribution is 2.24. The molecule has 2 aromatic rings. The van der Waals surface area contributed by atoms with Gasteiger partial charge in [0.2, 0.25) is 15.9 Å². The maximum Gasteiger partial charge on any atom is 0.232 e. The van der Waals surface area contributed by atoms with Crippen LogP contribution in [-0.2, 0) is 23.1 Å². The Morgan fingerprint density at radius 3 is 2.85 bits per heavy atom. The molecular weight excluding hydrogens is 282 g/mol. The van der Waals surface area contributed by atoms with Crippen LogP contribution < -0.4 is 0 Å². The molecule has 0 aliphatic carbocycles. The number of fused-ring (bicyclic) bond motifs is 1. The molecule has 108 valence electrons. The Morgan fingerprint density at radius 1 is 1.40 bits per heavy atom. The molecule has 0 aromatic carbocycles. The molecule has 2 aromatic heterocycles. The zero-order valence-corrected chi connectivity index (χ0v) is 12.0. The van der Waals surface area contributed by atoms with Crippen molar-refractivity contribution < 1.29 is 12.9 Å². The zero-order chi connectivity index (χ0) is 14.3. The normalized spacial score (nSPS) is 20.6. The fourth-order valence-electron chi connectivity index (χ4n) is 2.30. The van der Waals surface area contributed by atoms with Crippen molar-refractivity contribution in [2.45, 2.75) is 25.9 Å². The monoisotopic (exact) mass is 297 g/mol. The lowest BCUT2D eigenvalue weighted by Crippen LogP contribution is -2.32. The fraction of sp³-hybridized carbons (Fsp3) is 0.545. The van der Waals surface area contributed by atoms with Gasteiger partial charge in [0.15, 0.2) is 5.82 Å². The van der Waals surface area contributed by atoms with E-state index >= 15 is 0 Å². The summed E-state index contributed by atoms with van der Waals surface area (Å²) in [5.74, 6) is 0.780. The van der Waals surface area contributed by atoms with Crippen LogP contribution in [0.4, 0.5) is 0 Å². The van der Waals surface area contributed by atoms with Crippen molar-refractivity contribution in [2.75, 3.05) is 12.8 Å². The summed E-state index contributed by atoms with van der Waals surface area (Å²) in [5.41, 5.74) is 0.856. The van der Waals surface area contributed by atoms with Gasteiger partial charge < -0.3 is 4.52 Å². The first kappa shape index (κ1) is 13.3. The predicted molar refractivity (Wildman–Crippen MR) is 69.3 cm³/mol. The second kappa shape index (κ2) is 4.67. The van der Waals surface area contributed by atoms with Crippen LogP contribution >= 0.6 is 0 Å². The summed E-state index contributed by atoms with van der Waals surface area (Å²) in [6.07, 6.45) is 2.87. The number of aromatic nitrogens is 4. The van der Waals surface area contributed by atoms with Crippen molar-refractivity contribution in [3.63, 3.8) is 0 Å². The summed E-state index contributed by atoms with van der Waals surface area (Å²) in [5, 5.41) is 7.99. The van der Waals surface area contributed by atoms with Crippen LogP contribution in [0.25, 0.3) is 0 Å². The third kappa shape index (κ3) is 2.46. The zero-order valence-electron chi connectivity index (χ0n) is 11.2. The third-order valence-corrected chi connectivity index (χ3v) is 4.54. The van der Waals surface area contributed by atoms with Crippen LogP contribution in [-0.4, -0.2) is 45.4 Å². The van der Waals surface area contributed by atoms with Crippen molar-refractivity contribution in [3.05, 3.63) is 29.7 Å². The second-order valence-electron chi connectivity index (χ2n) is 4.94. The average molecular weight is 297 g/mol. The Balaban J connectivity index is 1.99. The Morgan fingerprint density at radius 2 is 2.20 bits per heavy atom. The van der Waals surface area contributed by atoms with Gasteiger partial charge in [-0.25, -0.2) is 8.42 Å². The molecule has 1 aliphatic heterocycles. The van der Waals surface area contributed by atoms with Gasteiger partial charge in [-0.05, 0) is 13.0 Å². The maximum atomic E-state index is 11.9. The first-order valence-electron chi connectivity index (χ1n) is 6.19. The van der Waals surface area contributed by atoms with Gasteiger partial charge in [0, 0.05) is 12.7 Å². The van der Waals surface area contributed by atoms with Crippen LogP contribution in [0, 0.1) is 6.92 Å². The van der Waals surface area contributed by atoms with E-state index in [0.717, 1.165) is 5.69 Å². The highest BCUT2D eigenvalue weighted by molar-refractivity contribution is 7.88. The standard InChI is InChI=1S/C11H15N5O3S/c1-8-13-11(19-14-8)9-5-15(20(2,17)18)7-10-3-4-12-16(10)6-9/h3-4,9H,5-7H2,1-2H3/t9-/m0/s1. The lowest BCUT2D eigenvalue weighted by molar-refractivity contribution is 0.307. The molecule has 0 N–H and O–H groups in total. The molecule has 8 nitrogen and oxygen atoms in total. The summed E-state index contributed by atoms with van der Waals surface area (Å²) < 4.78 is 32.2. The maximum absolute atomic E-state index is 11.9. The second-order valence-corrected chi connectivity index (χ2v) is 6.92. The smallest absolute Gasteiger partial charge is 0.232 e. The van der Waals surface area contributed by atoms with Crippen LogP contribution in [0.3, 0.4) is 0 Å². The molecule has 3 heterocycles. The first-order valence-corrected chi connectivity index (χ1v) is 8.04. The molecule has 0 radical (unpaired) electrons. The number of rotatable bonds is 2. The molecule has 9 heteroatoms. The quantitative estimate of drug-likeness (QED) is 0.782. The van der Waals surface area contributed by atoms with E-state index in [-0.39, 0.29) is 5.92 Å². The molecule has 0 unspecified atom stereocenters. The number of nitrogens with zero attached hydrogens (tertiary/aromatic N) is 5. The number of hydrogen-bond acceptors (Lipinski definition) is 6. The lowest BCUT2D eigenvalue weighted by Gasteiger charge is -2.19. The SMILES string of the molecule is Cc1noc([C@H]2CN(S(C)(=O)=O)Cc3ccnn3C2)n1. The summed E-state index contributed by atoms with van der Waals surface area (Å²) in [6, 6.07) is 1.82. The summed E-state index contributed by atoms with van der Waals surface area (Å²) in [6.45, 7) is 2.87. The Bertz CT molecular complexity index is 720. The van der Waals surface area contributed by atoms with E-state index < -0.39 is 10.0 Å². The largest absolute Gasteiger partial charge is 0.339 e. The van der Waals surface area contributed by atoms with Gasteiger partial charge in [-0.3, -0.25) is 4.68 Å². The molecule has 0 saturated carbocycles. The van der Waals surface area contributed by atoms with Gasteiger partial charge in [-0.2, -0.15) is 14.4 Å². The molecule has 1 aliphatic rings. The molecule has 20 heavy (non-hydrogen) atoms. The van der Waals surface area contributed by atoms with E-state index in [9.17, 15) is 8.42 Å². The van der Waals surface area contributed by atoms with Gasteiger partial charge in [-0.15, -0.1) is 0 Å². The van der Waals surface area contributed by atoms with Crippen molar-refractivity contribution in [2.24, 2.45) is 0 Å². The first-order chi connectivity index (χ1) is 9.43. The molecule has 0 saturated heterocycles. The Hall–Kier alpha value is -1.74. The van der Waals surface area contributed by atoms with Crippen molar-refractivity contribution >= 4 is 10.0 Å². The molecule has 1 atom stereocenters. The van der Waals surface area contributed by atoms with Crippen LogP contribution in [0.15, 0.2) is 16.8 Å². The number of hydrogen-bond donors (Lipinski definition) is 0. The van der Waals surface area contributed by atoms with E-state index in [2.05, 4.69) is 15.2 Å². The van der Waals surface area contributed by atoms with E-state index in [0.29, 0.717) is 31.3 Å². The minimum Gasteiger partial charge on any atom is -0.339 e. The average Bonchev–Trinajstić information content (AvgIpc) is 2.92. The highest BCUT2D eigenvalue weighted by Gasteiger charge is 2.31. The van der Waals surface area contributed by atoms with Crippen molar-refractivity contribution in [1.82, 2.24) is 24.2 Å². The molecule has 0 bridgehead atoms. The topological polar surface area (TPSA) is 94.1 Å². The van der Waals surface area contributed by atoms with Crippen LogP contribution in [0.1, 0.15) is 23.3 Å². The van der Waals surface area contributed by atoms with Gasteiger partial charge >= 0.3 is 0 Å². The fourth-order valence-corrected chi connectivity index (χ4v) is 3.12. The predicted octanol–water partition coefficient (Wildman–Crippen LogP) is 0.134. The summed E-state index contributed by atoms with van der Waals surface area (Å²) >= 11 is 0. The number of sulfonamides is 1. The Labute approximate surface area is 116 Å². The number of aryl methyl sites for hydroxylation is 1. The van der Waals surface area contributed by atoms with Gasteiger partial charge in [0.25, 0.3) is 0 Å². The minimum absolute atomic E-state index is 0.202. The molecule has 0 fully saturated rings. The highest BCUT2D eigenvalue weighted by atomic mass is 32.2. The van der Waals surface area contributed by atoms with Gasteiger partial charge in [0.05, 0.1) is 31.0 Å². The molecule has 0 spiro atoms. The molecule has 3 rings (SSSR count). The van der Waals surface area contributed by atoms with Crippen LogP contribution in [0.5, 0.6) is 0 Å². The molecular formula is C11H15N5O3S. The minimum atomic E-state index is -3.30.